The van der Waals surface area contributed by atoms with Crippen LogP contribution in [0.15, 0.2) is 47.5 Å². The Morgan fingerprint density at radius 1 is 1.38 bits per heavy atom. The molecule has 3 aromatic rings. The number of carbonyl (C=O) groups excluding carboxylic acids is 1. The minimum Gasteiger partial charge on any atom is -0.334 e. The van der Waals surface area contributed by atoms with Crippen molar-refractivity contribution in [3.63, 3.8) is 0 Å². The van der Waals surface area contributed by atoms with E-state index in [0.29, 0.717) is 15.5 Å². The number of rotatable bonds is 4. The largest absolute Gasteiger partial charge is 0.334 e. The van der Waals surface area contributed by atoms with E-state index in [1.807, 2.05) is 0 Å². The minimum atomic E-state index is -2.73. The van der Waals surface area contributed by atoms with Gasteiger partial charge in [-0.15, -0.1) is 0 Å². The van der Waals surface area contributed by atoms with E-state index in [1.165, 1.54) is 24.2 Å². The van der Waals surface area contributed by atoms with Crippen molar-refractivity contribution < 1.29 is 13.6 Å². The summed E-state index contributed by atoms with van der Waals surface area (Å²) in [6, 6.07) is 8.11. The first-order chi connectivity index (χ1) is 11.5. The first-order valence-corrected chi connectivity index (χ1v) is 7.15. The van der Waals surface area contributed by atoms with Crippen molar-refractivity contribution in [2.24, 2.45) is 0 Å². The fraction of sp³-hybridized carbons (Fsp3) is 0.188. The number of pyridine rings is 1. The molecule has 0 saturated heterocycles. The molecule has 8 heteroatoms. The zero-order valence-electron chi connectivity index (χ0n) is 12.7. The van der Waals surface area contributed by atoms with Crippen LogP contribution in [-0.4, -0.2) is 32.4 Å². The Kier molecular flexibility index (Phi) is 4.11. The van der Waals surface area contributed by atoms with Crippen LogP contribution in [0.25, 0.3) is 10.9 Å². The molecule has 124 valence electrons. The van der Waals surface area contributed by atoms with Crippen molar-refractivity contribution in [1.82, 2.24) is 19.4 Å². The number of aromatic amines is 1. The first kappa shape index (κ1) is 15.9. The lowest BCUT2D eigenvalue weighted by molar-refractivity contribution is 0.0613. The third-order valence-corrected chi connectivity index (χ3v) is 3.67. The number of halogens is 2. The van der Waals surface area contributed by atoms with E-state index < -0.39 is 18.0 Å². The second-order valence-corrected chi connectivity index (χ2v) is 5.28. The molecule has 2 aromatic heterocycles. The number of fused-ring (bicyclic) bond motifs is 1. The predicted octanol–water partition coefficient (Wildman–Crippen LogP) is 2.39. The lowest BCUT2D eigenvalue weighted by Gasteiger charge is -2.18. The zero-order valence-corrected chi connectivity index (χ0v) is 12.7. The Hall–Kier alpha value is -3.03. The lowest BCUT2D eigenvalue weighted by Crippen LogP contribution is -2.29. The van der Waals surface area contributed by atoms with Crippen LogP contribution in [0.3, 0.4) is 0 Å². The summed E-state index contributed by atoms with van der Waals surface area (Å²) in [6.07, 6.45) is 2.41. The molecule has 6 nitrogen and oxygen atoms in total. The number of hydrogen-bond donors (Lipinski definition) is 1. The summed E-state index contributed by atoms with van der Waals surface area (Å²) < 4.78 is 26.4. The molecule has 0 aliphatic carbocycles. The van der Waals surface area contributed by atoms with E-state index in [-0.39, 0.29) is 17.9 Å². The molecule has 0 saturated carbocycles. The summed E-state index contributed by atoms with van der Waals surface area (Å²) in [5.41, 5.74) is 0.349. The van der Waals surface area contributed by atoms with Gasteiger partial charge in [-0.05, 0) is 6.07 Å². The third kappa shape index (κ3) is 2.90. The van der Waals surface area contributed by atoms with Crippen molar-refractivity contribution in [2.45, 2.75) is 13.1 Å². The minimum absolute atomic E-state index is 0.0648. The molecule has 0 atom stereocenters. The average molecular weight is 332 g/mol. The molecule has 1 amide bonds. The van der Waals surface area contributed by atoms with Crippen LogP contribution in [0, 0.1) is 0 Å². The number of amides is 1. The monoisotopic (exact) mass is 332 g/mol. The summed E-state index contributed by atoms with van der Waals surface area (Å²) in [6.45, 7) is -2.83. The molecule has 1 N–H and O–H groups in total. The molecule has 0 bridgehead atoms. The van der Waals surface area contributed by atoms with Gasteiger partial charge in [0, 0.05) is 36.4 Å². The molecule has 0 spiro atoms. The van der Waals surface area contributed by atoms with E-state index in [4.69, 9.17) is 0 Å². The normalized spacial score (nSPS) is 11.2. The first-order valence-electron chi connectivity index (χ1n) is 7.15. The van der Waals surface area contributed by atoms with Gasteiger partial charge in [0.1, 0.15) is 5.82 Å². The number of carbonyl (C=O) groups is 1. The summed E-state index contributed by atoms with van der Waals surface area (Å²) in [5, 5.41) is 0.589. The number of hydrogen-bond acceptors (Lipinski definition) is 3. The fourth-order valence-electron chi connectivity index (χ4n) is 2.52. The molecule has 0 radical (unpaired) electrons. The second-order valence-electron chi connectivity index (χ2n) is 5.28. The number of aromatic nitrogens is 3. The maximum atomic E-state index is 12.9. The summed E-state index contributed by atoms with van der Waals surface area (Å²) in [7, 11) is 1.47. The molecule has 3 rings (SSSR count). The molecule has 24 heavy (non-hydrogen) atoms. The number of nitrogens with zero attached hydrogens (tertiary/aromatic N) is 3. The highest BCUT2D eigenvalue weighted by molar-refractivity contribution is 6.05. The van der Waals surface area contributed by atoms with E-state index in [2.05, 4.69) is 9.97 Å². The van der Waals surface area contributed by atoms with Gasteiger partial charge < -0.3 is 9.88 Å². The van der Waals surface area contributed by atoms with Crippen LogP contribution < -0.4 is 5.56 Å². The maximum Gasteiger partial charge on any atom is 0.319 e. The highest BCUT2D eigenvalue weighted by Crippen LogP contribution is 2.18. The molecule has 2 heterocycles. The average Bonchev–Trinajstić information content (AvgIpc) is 3.01. The zero-order chi connectivity index (χ0) is 17.3. The Bertz CT molecular complexity index is 948. The Morgan fingerprint density at radius 2 is 2.12 bits per heavy atom. The van der Waals surface area contributed by atoms with Gasteiger partial charge in [0.2, 0.25) is 5.56 Å². The van der Waals surface area contributed by atoms with Crippen LogP contribution in [0.2, 0.25) is 0 Å². The summed E-state index contributed by atoms with van der Waals surface area (Å²) >= 11 is 0. The smallest absolute Gasteiger partial charge is 0.319 e. The van der Waals surface area contributed by atoms with E-state index >= 15 is 0 Å². The van der Waals surface area contributed by atoms with Gasteiger partial charge in [0.05, 0.1) is 12.1 Å². The number of benzene rings is 1. The van der Waals surface area contributed by atoms with Crippen LogP contribution in [-0.2, 0) is 6.54 Å². The predicted molar refractivity (Wildman–Crippen MR) is 83.8 cm³/mol. The third-order valence-electron chi connectivity index (χ3n) is 3.67. The van der Waals surface area contributed by atoms with Crippen molar-refractivity contribution in [2.75, 3.05) is 7.05 Å². The SMILES string of the molecule is CN(Cc1nccn1C(F)F)C(=O)c1cc(=O)[nH]c2ccccc12. The second kappa shape index (κ2) is 6.23. The molecule has 0 aliphatic heterocycles. The van der Waals surface area contributed by atoms with Gasteiger partial charge >= 0.3 is 6.55 Å². The summed E-state index contributed by atoms with van der Waals surface area (Å²) in [5.74, 6) is -0.379. The lowest BCUT2D eigenvalue weighted by atomic mass is 10.1. The summed E-state index contributed by atoms with van der Waals surface area (Å²) in [4.78, 5) is 32.2. The molecule has 0 unspecified atom stereocenters. The topological polar surface area (TPSA) is 71.0 Å². The van der Waals surface area contributed by atoms with Crippen LogP contribution in [0.1, 0.15) is 22.7 Å². The number of alkyl halides is 2. The van der Waals surface area contributed by atoms with Crippen LogP contribution in [0.5, 0.6) is 0 Å². The maximum absolute atomic E-state index is 12.9. The van der Waals surface area contributed by atoms with E-state index in [0.717, 1.165) is 6.20 Å². The Labute approximate surface area is 135 Å². The van der Waals surface area contributed by atoms with Gasteiger partial charge in [0.25, 0.3) is 5.91 Å². The van der Waals surface area contributed by atoms with Gasteiger partial charge in [-0.3, -0.25) is 14.2 Å². The van der Waals surface area contributed by atoms with Crippen molar-refractivity contribution >= 4 is 16.8 Å². The molecular weight excluding hydrogens is 318 g/mol. The number of para-hydroxylation sites is 1. The van der Waals surface area contributed by atoms with Crippen molar-refractivity contribution in [3.8, 4) is 0 Å². The Balaban J connectivity index is 1.94. The number of imidazole rings is 1. The van der Waals surface area contributed by atoms with Crippen LogP contribution in [0.4, 0.5) is 8.78 Å². The highest BCUT2D eigenvalue weighted by Gasteiger charge is 2.19. The number of H-pyrrole nitrogens is 1. The fourth-order valence-corrected chi connectivity index (χ4v) is 2.52. The standard InChI is InChI=1S/C16H14F2N4O2/c1-21(9-13-19-6-7-22(13)16(17)18)15(24)11-8-14(23)20-12-5-3-2-4-10(11)12/h2-8,16H,9H2,1H3,(H,20,23). The quantitative estimate of drug-likeness (QED) is 0.797. The van der Waals surface area contributed by atoms with Gasteiger partial charge in [-0.2, -0.15) is 8.78 Å². The molecule has 1 aromatic carbocycles. The number of nitrogens with one attached hydrogen (secondary N) is 1. The molecule has 0 fully saturated rings. The Morgan fingerprint density at radius 3 is 2.88 bits per heavy atom. The van der Waals surface area contributed by atoms with Crippen molar-refractivity contribution in [3.05, 3.63) is 64.5 Å². The molecular formula is C16H14F2N4O2. The van der Waals surface area contributed by atoms with Gasteiger partial charge in [0.15, 0.2) is 0 Å². The molecule has 0 aliphatic rings. The van der Waals surface area contributed by atoms with E-state index in [9.17, 15) is 18.4 Å². The van der Waals surface area contributed by atoms with Gasteiger partial charge in [-0.25, -0.2) is 4.98 Å². The van der Waals surface area contributed by atoms with Crippen molar-refractivity contribution in [1.29, 1.82) is 0 Å². The van der Waals surface area contributed by atoms with Gasteiger partial charge in [-0.1, -0.05) is 18.2 Å². The van der Waals surface area contributed by atoms with E-state index in [1.54, 1.807) is 24.3 Å². The highest BCUT2D eigenvalue weighted by atomic mass is 19.3. The van der Waals surface area contributed by atoms with Crippen LogP contribution >= 0.6 is 0 Å².